The summed E-state index contributed by atoms with van der Waals surface area (Å²) >= 11 is 0. The molecule has 0 aromatic heterocycles. The summed E-state index contributed by atoms with van der Waals surface area (Å²) in [6, 6.07) is 9.10. The van der Waals surface area contributed by atoms with Crippen LogP contribution in [0.2, 0.25) is 0 Å². The number of hydrazone groups is 1. The number of hydrogen-bond acceptors (Lipinski definition) is 6. The predicted octanol–water partition coefficient (Wildman–Crippen LogP) is 0.733. The molecule has 1 rings (SSSR count). The molecule has 0 atom stereocenters. The molecule has 7 heteroatoms. The van der Waals surface area contributed by atoms with Crippen molar-refractivity contribution in [1.29, 1.82) is 10.7 Å². The predicted molar refractivity (Wildman–Crippen MR) is 80.0 cm³/mol. The zero-order valence-electron chi connectivity index (χ0n) is 11.3. The number of anilines is 2. The van der Waals surface area contributed by atoms with Crippen molar-refractivity contribution in [2.75, 3.05) is 30.0 Å². The number of nitrogens with zero attached hydrogens (tertiary/aromatic N) is 3. The van der Waals surface area contributed by atoms with Crippen LogP contribution in [0, 0.1) is 16.7 Å². The summed E-state index contributed by atoms with van der Waals surface area (Å²) < 4.78 is 0. The fourth-order valence-corrected chi connectivity index (χ4v) is 1.60. The normalized spacial score (nSPS) is 10.8. The van der Waals surface area contributed by atoms with Gasteiger partial charge in [0.2, 0.25) is 5.71 Å². The van der Waals surface area contributed by atoms with Crippen LogP contribution in [0.5, 0.6) is 0 Å². The fourth-order valence-electron chi connectivity index (χ4n) is 1.60. The smallest absolute Gasteiger partial charge is 0.201 e. The maximum atomic E-state index is 8.97. The van der Waals surface area contributed by atoms with Gasteiger partial charge in [0.05, 0.1) is 12.3 Å². The van der Waals surface area contributed by atoms with E-state index in [9.17, 15) is 0 Å². The van der Waals surface area contributed by atoms with Crippen LogP contribution in [0.4, 0.5) is 11.4 Å². The van der Waals surface area contributed by atoms with Gasteiger partial charge in [0.25, 0.3) is 0 Å². The van der Waals surface area contributed by atoms with Crippen LogP contribution >= 0.6 is 0 Å². The molecule has 0 heterocycles. The van der Waals surface area contributed by atoms with Crippen LogP contribution in [-0.2, 0) is 0 Å². The maximum Gasteiger partial charge on any atom is 0.201 e. The number of aliphatic hydroxyl groups excluding tert-OH is 1. The summed E-state index contributed by atoms with van der Waals surface area (Å²) in [6.45, 7) is 3.49. The number of amidine groups is 1. The van der Waals surface area contributed by atoms with Crippen LogP contribution in [0.3, 0.4) is 0 Å². The minimum Gasteiger partial charge on any atom is -0.395 e. The molecule has 0 aliphatic carbocycles. The van der Waals surface area contributed by atoms with Crippen molar-refractivity contribution in [2.45, 2.75) is 6.92 Å². The number of hydrogen-bond donors (Lipinski definition) is 4. The number of nitriles is 1. The Balaban J connectivity index is 2.77. The second-order valence-electron chi connectivity index (χ2n) is 3.95. The van der Waals surface area contributed by atoms with Gasteiger partial charge in [-0.1, -0.05) is 0 Å². The summed E-state index contributed by atoms with van der Waals surface area (Å²) in [5.74, 6) is -0.378. The second-order valence-corrected chi connectivity index (χ2v) is 3.95. The molecule has 7 nitrogen and oxygen atoms in total. The third-order valence-corrected chi connectivity index (χ3v) is 2.64. The molecule has 0 fully saturated rings. The van der Waals surface area contributed by atoms with Crippen molar-refractivity contribution in [3.8, 4) is 6.07 Å². The van der Waals surface area contributed by atoms with Gasteiger partial charge in [0.1, 0.15) is 6.07 Å². The highest BCUT2D eigenvalue weighted by Crippen LogP contribution is 2.17. The number of nitrogens with one attached hydrogen (secondary N) is 2. The van der Waals surface area contributed by atoms with E-state index in [2.05, 4.69) is 10.5 Å². The molecule has 0 aliphatic rings. The molecule has 5 N–H and O–H groups in total. The number of likely N-dealkylation sites (N-methyl/N-ethyl adjacent to an activating group) is 1. The zero-order valence-corrected chi connectivity index (χ0v) is 11.3. The molecular formula is C13H18N6O. The van der Waals surface area contributed by atoms with E-state index >= 15 is 0 Å². The minimum absolute atomic E-state index is 0.0995. The summed E-state index contributed by atoms with van der Waals surface area (Å²) in [4.78, 5) is 2.03. The third-order valence-electron chi connectivity index (χ3n) is 2.64. The van der Waals surface area contributed by atoms with Crippen LogP contribution in [-0.4, -0.2) is 36.4 Å². The van der Waals surface area contributed by atoms with Crippen molar-refractivity contribution in [3.63, 3.8) is 0 Å². The average molecular weight is 274 g/mol. The quantitative estimate of drug-likeness (QED) is 0.332. The van der Waals surface area contributed by atoms with Crippen molar-refractivity contribution in [1.82, 2.24) is 0 Å². The van der Waals surface area contributed by atoms with Gasteiger partial charge in [-0.25, -0.2) is 0 Å². The van der Waals surface area contributed by atoms with Crippen molar-refractivity contribution < 1.29 is 5.11 Å². The number of aliphatic hydroxyl groups is 1. The summed E-state index contributed by atoms with van der Waals surface area (Å²) in [7, 11) is 0. The topological polar surface area (TPSA) is 122 Å². The lowest BCUT2D eigenvalue weighted by Gasteiger charge is -2.22. The Morgan fingerprint density at radius 2 is 2.15 bits per heavy atom. The lowest BCUT2D eigenvalue weighted by atomic mass is 10.2. The summed E-state index contributed by atoms with van der Waals surface area (Å²) in [5, 5.41) is 28.6. The van der Waals surface area contributed by atoms with Gasteiger partial charge in [-0.3, -0.25) is 10.8 Å². The lowest BCUT2D eigenvalue weighted by molar-refractivity contribution is 0.302. The lowest BCUT2D eigenvalue weighted by Crippen LogP contribution is -2.25. The van der Waals surface area contributed by atoms with E-state index in [1.165, 1.54) is 0 Å². The molecule has 1 aromatic rings. The summed E-state index contributed by atoms with van der Waals surface area (Å²) in [6.07, 6.45) is 0. The molecule has 20 heavy (non-hydrogen) atoms. The molecule has 0 radical (unpaired) electrons. The van der Waals surface area contributed by atoms with Gasteiger partial charge in [-0.05, 0) is 31.2 Å². The van der Waals surface area contributed by atoms with Crippen LogP contribution in [0.15, 0.2) is 29.4 Å². The Bertz CT molecular complexity index is 517. The van der Waals surface area contributed by atoms with Gasteiger partial charge in [-0.15, -0.1) is 0 Å². The Labute approximate surface area is 117 Å². The molecule has 106 valence electrons. The molecule has 0 amide bonds. The van der Waals surface area contributed by atoms with E-state index in [0.717, 1.165) is 12.2 Å². The monoisotopic (exact) mass is 274 g/mol. The van der Waals surface area contributed by atoms with E-state index in [1.807, 2.05) is 24.0 Å². The van der Waals surface area contributed by atoms with E-state index in [1.54, 1.807) is 18.2 Å². The first-order valence-corrected chi connectivity index (χ1v) is 6.16. The van der Waals surface area contributed by atoms with Crippen LogP contribution < -0.4 is 16.1 Å². The fraction of sp³-hybridized carbons (Fsp3) is 0.308. The number of nitrogens with two attached hydrogens (primary N) is 1. The highest BCUT2D eigenvalue weighted by Gasteiger charge is 2.04. The Kier molecular flexibility index (Phi) is 6.00. The largest absolute Gasteiger partial charge is 0.395 e. The van der Waals surface area contributed by atoms with Gasteiger partial charge in [-0.2, -0.15) is 10.4 Å². The number of rotatable bonds is 7. The molecule has 1 aromatic carbocycles. The molecule has 0 saturated carbocycles. The Morgan fingerprint density at radius 3 is 2.60 bits per heavy atom. The highest BCUT2D eigenvalue weighted by molar-refractivity contribution is 6.45. The van der Waals surface area contributed by atoms with E-state index in [-0.39, 0.29) is 18.2 Å². The first-order valence-electron chi connectivity index (χ1n) is 6.16. The minimum atomic E-state index is -0.378. The van der Waals surface area contributed by atoms with Gasteiger partial charge in [0.15, 0.2) is 5.84 Å². The van der Waals surface area contributed by atoms with Gasteiger partial charge >= 0.3 is 0 Å². The van der Waals surface area contributed by atoms with Crippen LogP contribution in [0.25, 0.3) is 0 Å². The van der Waals surface area contributed by atoms with E-state index in [0.29, 0.717) is 12.2 Å². The molecular weight excluding hydrogens is 256 g/mol. The molecule has 0 unspecified atom stereocenters. The van der Waals surface area contributed by atoms with Gasteiger partial charge < -0.3 is 15.7 Å². The number of benzene rings is 1. The second kappa shape index (κ2) is 7.76. The molecule has 0 saturated heterocycles. The molecule has 0 bridgehead atoms. The van der Waals surface area contributed by atoms with Gasteiger partial charge in [0, 0.05) is 18.8 Å². The first-order chi connectivity index (χ1) is 9.62. The Morgan fingerprint density at radius 1 is 1.50 bits per heavy atom. The Hall–Kier alpha value is -2.59. The average Bonchev–Trinajstić information content (AvgIpc) is 2.46. The third kappa shape index (κ3) is 4.26. The highest BCUT2D eigenvalue weighted by atomic mass is 16.3. The van der Waals surface area contributed by atoms with E-state index < -0.39 is 0 Å². The summed E-state index contributed by atoms with van der Waals surface area (Å²) in [5.41, 5.74) is 9.37. The SMILES string of the molecule is CCN(CCO)c1ccc(N/N=C(\C#N)C(=N)N)cc1. The first kappa shape index (κ1) is 15.5. The van der Waals surface area contributed by atoms with Crippen molar-refractivity contribution >= 4 is 22.9 Å². The molecule has 0 aliphatic heterocycles. The van der Waals surface area contributed by atoms with E-state index in [4.69, 9.17) is 21.5 Å². The maximum absolute atomic E-state index is 8.97. The van der Waals surface area contributed by atoms with Crippen LogP contribution in [0.1, 0.15) is 6.92 Å². The zero-order chi connectivity index (χ0) is 15.0. The van der Waals surface area contributed by atoms with Crippen molar-refractivity contribution in [3.05, 3.63) is 24.3 Å². The molecule has 0 spiro atoms. The standard InChI is InChI=1S/C13H18N6O/c1-2-19(7-8-20)11-5-3-10(4-6-11)17-18-12(9-14)13(15)16/h3-6,17,20H,2,7-8H2,1H3,(H3,15,16)/b18-12+. The van der Waals surface area contributed by atoms with Crippen molar-refractivity contribution in [2.24, 2.45) is 10.8 Å².